The number of rotatable bonds is 2. The highest BCUT2D eigenvalue weighted by Gasteiger charge is 2.28. The molecular formula is C17H17ClN4. The second kappa shape index (κ2) is 5.38. The summed E-state index contributed by atoms with van der Waals surface area (Å²) >= 11 is 6.03. The first kappa shape index (κ1) is 13.7. The second-order valence-electron chi connectivity index (χ2n) is 5.77. The van der Waals surface area contributed by atoms with Crippen LogP contribution in [0, 0.1) is 0 Å². The Bertz CT molecular complexity index is 809. The monoisotopic (exact) mass is 312 g/mol. The Hall–Kier alpha value is -1.91. The van der Waals surface area contributed by atoms with Gasteiger partial charge in [0.2, 0.25) is 0 Å². The highest BCUT2D eigenvalue weighted by atomic mass is 35.5. The van der Waals surface area contributed by atoms with Crippen LogP contribution in [0.15, 0.2) is 42.6 Å². The van der Waals surface area contributed by atoms with Crippen LogP contribution in [-0.4, -0.2) is 33.0 Å². The minimum Gasteiger partial charge on any atom is -0.297 e. The van der Waals surface area contributed by atoms with Gasteiger partial charge in [-0.15, -0.1) is 0 Å². The molecule has 0 radical (unpaired) electrons. The molecule has 2 aromatic heterocycles. The van der Waals surface area contributed by atoms with Crippen molar-refractivity contribution in [2.75, 3.05) is 13.6 Å². The number of hydrogen-bond donors (Lipinski definition) is 0. The molecule has 3 aromatic rings. The summed E-state index contributed by atoms with van der Waals surface area (Å²) in [7, 11) is 2.16. The third-order valence-electron chi connectivity index (χ3n) is 4.35. The van der Waals surface area contributed by atoms with Gasteiger partial charge in [-0.2, -0.15) is 0 Å². The zero-order valence-corrected chi connectivity index (χ0v) is 13.2. The summed E-state index contributed by atoms with van der Waals surface area (Å²) in [4.78, 5) is 11.8. The maximum absolute atomic E-state index is 6.03. The Balaban J connectivity index is 1.95. The summed E-state index contributed by atoms with van der Waals surface area (Å²) in [5.74, 6) is 1.07. The first-order valence-corrected chi connectivity index (χ1v) is 7.91. The van der Waals surface area contributed by atoms with Crippen LogP contribution in [0.5, 0.6) is 0 Å². The van der Waals surface area contributed by atoms with Gasteiger partial charge in [0.25, 0.3) is 0 Å². The van der Waals surface area contributed by atoms with E-state index < -0.39 is 0 Å². The van der Waals surface area contributed by atoms with Gasteiger partial charge in [-0.05, 0) is 62.8 Å². The molecular weight excluding hydrogens is 296 g/mol. The molecule has 1 fully saturated rings. The summed E-state index contributed by atoms with van der Waals surface area (Å²) in [6.45, 7) is 1.11. The van der Waals surface area contributed by atoms with Gasteiger partial charge in [-0.3, -0.25) is 9.47 Å². The summed E-state index contributed by atoms with van der Waals surface area (Å²) < 4.78 is 2.16. The van der Waals surface area contributed by atoms with Gasteiger partial charge < -0.3 is 0 Å². The van der Waals surface area contributed by atoms with Crippen molar-refractivity contribution >= 4 is 22.8 Å². The SMILES string of the molecule is CN1CCCC1c1nc2cccnc2n1-c1ccc(Cl)cc1. The van der Waals surface area contributed by atoms with Crippen LogP contribution < -0.4 is 0 Å². The summed E-state index contributed by atoms with van der Waals surface area (Å²) in [6, 6.07) is 12.2. The zero-order valence-electron chi connectivity index (χ0n) is 12.4. The number of imidazole rings is 1. The third kappa shape index (κ3) is 2.19. The Morgan fingerprint density at radius 1 is 1.18 bits per heavy atom. The lowest BCUT2D eigenvalue weighted by molar-refractivity contribution is 0.304. The van der Waals surface area contributed by atoms with Crippen molar-refractivity contribution in [2.45, 2.75) is 18.9 Å². The van der Waals surface area contributed by atoms with E-state index in [0.717, 1.165) is 40.7 Å². The lowest BCUT2D eigenvalue weighted by Gasteiger charge is -2.20. The van der Waals surface area contributed by atoms with Crippen LogP contribution in [0.25, 0.3) is 16.9 Å². The van der Waals surface area contributed by atoms with E-state index in [4.69, 9.17) is 16.6 Å². The molecule has 4 rings (SSSR count). The minimum absolute atomic E-state index is 0.338. The predicted octanol–water partition coefficient (Wildman–Crippen LogP) is 3.84. The normalized spacial score (nSPS) is 19.1. The molecule has 0 aliphatic carbocycles. The molecule has 1 saturated heterocycles. The molecule has 112 valence electrons. The molecule has 1 atom stereocenters. The number of pyridine rings is 1. The van der Waals surface area contributed by atoms with Gasteiger partial charge in [0.05, 0.1) is 6.04 Å². The van der Waals surface area contributed by atoms with Crippen molar-refractivity contribution in [3.63, 3.8) is 0 Å². The molecule has 0 N–H and O–H groups in total. The summed E-state index contributed by atoms with van der Waals surface area (Å²) in [6.07, 6.45) is 4.16. The summed E-state index contributed by atoms with van der Waals surface area (Å²) in [5.41, 5.74) is 2.90. The van der Waals surface area contributed by atoms with Gasteiger partial charge >= 0.3 is 0 Å². The number of fused-ring (bicyclic) bond motifs is 1. The standard InChI is InChI=1S/C17H17ClN4/c1-21-11-3-5-15(21)17-20-14-4-2-10-19-16(14)22(17)13-8-6-12(18)7-9-13/h2,4,6-10,15H,3,5,11H2,1H3. The lowest BCUT2D eigenvalue weighted by Crippen LogP contribution is -2.20. The van der Waals surface area contributed by atoms with Gasteiger partial charge in [0.15, 0.2) is 5.65 Å². The largest absolute Gasteiger partial charge is 0.297 e. The van der Waals surface area contributed by atoms with E-state index in [1.165, 1.54) is 6.42 Å². The average molecular weight is 313 g/mol. The second-order valence-corrected chi connectivity index (χ2v) is 6.20. The highest BCUT2D eigenvalue weighted by molar-refractivity contribution is 6.30. The van der Waals surface area contributed by atoms with Crippen LogP contribution in [0.4, 0.5) is 0 Å². The smallest absolute Gasteiger partial charge is 0.164 e. The van der Waals surface area contributed by atoms with Crippen LogP contribution in [-0.2, 0) is 0 Å². The maximum Gasteiger partial charge on any atom is 0.164 e. The van der Waals surface area contributed by atoms with Gasteiger partial charge in [0, 0.05) is 16.9 Å². The van der Waals surface area contributed by atoms with E-state index in [0.29, 0.717) is 6.04 Å². The molecule has 1 aliphatic rings. The highest BCUT2D eigenvalue weighted by Crippen LogP contribution is 2.33. The predicted molar refractivity (Wildman–Crippen MR) is 88.5 cm³/mol. The fourth-order valence-corrected chi connectivity index (χ4v) is 3.36. The molecule has 0 bridgehead atoms. The van der Waals surface area contributed by atoms with Crippen LogP contribution >= 0.6 is 11.6 Å². The number of likely N-dealkylation sites (tertiary alicyclic amines) is 1. The number of halogens is 1. The van der Waals surface area contributed by atoms with E-state index in [9.17, 15) is 0 Å². The Kier molecular flexibility index (Phi) is 3.36. The molecule has 1 unspecified atom stereocenters. The first-order chi connectivity index (χ1) is 10.7. The van der Waals surface area contributed by atoms with Crippen molar-refractivity contribution in [1.82, 2.24) is 19.4 Å². The lowest BCUT2D eigenvalue weighted by atomic mass is 10.2. The van der Waals surface area contributed by atoms with E-state index >= 15 is 0 Å². The van der Waals surface area contributed by atoms with Crippen molar-refractivity contribution in [3.8, 4) is 5.69 Å². The molecule has 1 aromatic carbocycles. The average Bonchev–Trinajstić information content (AvgIpc) is 3.11. The molecule has 0 saturated carbocycles. The van der Waals surface area contributed by atoms with Gasteiger partial charge in [-0.25, -0.2) is 9.97 Å². The van der Waals surface area contributed by atoms with E-state index in [1.807, 2.05) is 42.6 Å². The molecule has 0 amide bonds. The van der Waals surface area contributed by atoms with Crippen molar-refractivity contribution in [1.29, 1.82) is 0 Å². The van der Waals surface area contributed by atoms with Crippen molar-refractivity contribution in [2.24, 2.45) is 0 Å². The molecule has 1 aliphatic heterocycles. The fraction of sp³-hybridized carbons (Fsp3) is 0.294. The van der Waals surface area contributed by atoms with Gasteiger partial charge in [0.1, 0.15) is 11.3 Å². The Morgan fingerprint density at radius 3 is 2.73 bits per heavy atom. The van der Waals surface area contributed by atoms with E-state index in [-0.39, 0.29) is 0 Å². The zero-order chi connectivity index (χ0) is 15.1. The quantitative estimate of drug-likeness (QED) is 0.721. The molecule has 3 heterocycles. The Labute approximate surface area is 134 Å². The Morgan fingerprint density at radius 2 is 2.00 bits per heavy atom. The maximum atomic E-state index is 6.03. The fourth-order valence-electron chi connectivity index (χ4n) is 3.23. The number of aromatic nitrogens is 3. The van der Waals surface area contributed by atoms with E-state index in [1.54, 1.807) is 0 Å². The van der Waals surface area contributed by atoms with Crippen LogP contribution in [0.2, 0.25) is 5.02 Å². The van der Waals surface area contributed by atoms with Crippen molar-refractivity contribution in [3.05, 3.63) is 53.4 Å². The molecule has 5 heteroatoms. The molecule has 22 heavy (non-hydrogen) atoms. The molecule has 4 nitrogen and oxygen atoms in total. The van der Waals surface area contributed by atoms with Crippen molar-refractivity contribution < 1.29 is 0 Å². The number of nitrogens with zero attached hydrogens (tertiary/aromatic N) is 4. The number of hydrogen-bond acceptors (Lipinski definition) is 3. The van der Waals surface area contributed by atoms with Crippen LogP contribution in [0.3, 0.4) is 0 Å². The van der Waals surface area contributed by atoms with Gasteiger partial charge in [-0.1, -0.05) is 11.6 Å². The molecule has 0 spiro atoms. The van der Waals surface area contributed by atoms with E-state index in [2.05, 4.69) is 21.5 Å². The topological polar surface area (TPSA) is 34.0 Å². The summed E-state index contributed by atoms with van der Waals surface area (Å²) in [5, 5.41) is 0.737. The minimum atomic E-state index is 0.338. The first-order valence-electron chi connectivity index (χ1n) is 7.53. The third-order valence-corrected chi connectivity index (χ3v) is 4.60. The number of benzene rings is 1. The van der Waals surface area contributed by atoms with Crippen LogP contribution in [0.1, 0.15) is 24.7 Å².